The Morgan fingerprint density at radius 2 is 1.61 bits per heavy atom. The monoisotopic (exact) mass is 252 g/mol. The van der Waals surface area contributed by atoms with Crippen molar-refractivity contribution in [2.45, 2.75) is 64.8 Å². The summed E-state index contributed by atoms with van der Waals surface area (Å²) in [6.07, 6.45) is 9.86. The Morgan fingerprint density at radius 3 is 2.28 bits per heavy atom. The molecule has 18 heavy (non-hydrogen) atoms. The first-order valence-electron chi connectivity index (χ1n) is 8.20. The fourth-order valence-corrected chi connectivity index (χ4v) is 3.91. The van der Waals surface area contributed by atoms with E-state index in [-0.39, 0.29) is 0 Å². The highest BCUT2D eigenvalue weighted by Crippen LogP contribution is 2.28. The van der Waals surface area contributed by atoms with Gasteiger partial charge in [-0.2, -0.15) is 0 Å². The normalized spacial score (nSPS) is 34.7. The molecule has 1 saturated heterocycles. The second kappa shape index (κ2) is 7.49. The highest BCUT2D eigenvalue weighted by atomic mass is 15.1. The molecule has 2 nitrogen and oxygen atoms in total. The highest BCUT2D eigenvalue weighted by Gasteiger charge is 2.23. The van der Waals surface area contributed by atoms with Gasteiger partial charge in [-0.15, -0.1) is 0 Å². The molecule has 1 aliphatic carbocycles. The van der Waals surface area contributed by atoms with Crippen molar-refractivity contribution in [3.8, 4) is 0 Å². The molecule has 0 radical (unpaired) electrons. The van der Waals surface area contributed by atoms with Crippen molar-refractivity contribution in [3.05, 3.63) is 0 Å². The standard InChI is InChI=1S/C16H32N2/c1-14-11-15(2)13-16(12-14)17-7-6-10-18-8-4-3-5-9-18/h14-17H,3-13H2,1-2H3. The summed E-state index contributed by atoms with van der Waals surface area (Å²) in [5.74, 6) is 1.85. The van der Waals surface area contributed by atoms with Gasteiger partial charge in [0.25, 0.3) is 0 Å². The molecule has 106 valence electrons. The van der Waals surface area contributed by atoms with Gasteiger partial charge in [0.1, 0.15) is 0 Å². The molecule has 0 aromatic rings. The van der Waals surface area contributed by atoms with Crippen molar-refractivity contribution in [1.29, 1.82) is 0 Å². The van der Waals surface area contributed by atoms with Crippen molar-refractivity contribution in [2.24, 2.45) is 11.8 Å². The Hall–Kier alpha value is -0.0800. The minimum Gasteiger partial charge on any atom is -0.314 e. The first-order valence-corrected chi connectivity index (χ1v) is 8.20. The quantitative estimate of drug-likeness (QED) is 0.755. The van der Waals surface area contributed by atoms with E-state index in [0.717, 1.165) is 17.9 Å². The number of nitrogens with one attached hydrogen (secondary N) is 1. The van der Waals surface area contributed by atoms with Crippen LogP contribution in [0.4, 0.5) is 0 Å². The summed E-state index contributed by atoms with van der Waals surface area (Å²) in [5.41, 5.74) is 0. The van der Waals surface area contributed by atoms with E-state index in [0.29, 0.717) is 0 Å². The average molecular weight is 252 g/mol. The summed E-state index contributed by atoms with van der Waals surface area (Å²) in [4.78, 5) is 2.65. The Morgan fingerprint density at radius 1 is 0.944 bits per heavy atom. The zero-order chi connectivity index (χ0) is 12.8. The van der Waals surface area contributed by atoms with Crippen LogP contribution in [-0.2, 0) is 0 Å². The van der Waals surface area contributed by atoms with E-state index in [4.69, 9.17) is 0 Å². The summed E-state index contributed by atoms with van der Waals surface area (Å²) in [6, 6.07) is 0.796. The van der Waals surface area contributed by atoms with E-state index in [9.17, 15) is 0 Å². The number of piperidine rings is 1. The lowest BCUT2D eigenvalue weighted by molar-refractivity contribution is 0.214. The molecular weight excluding hydrogens is 220 g/mol. The Bertz CT molecular complexity index is 213. The predicted molar refractivity (Wildman–Crippen MR) is 78.9 cm³/mol. The van der Waals surface area contributed by atoms with Gasteiger partial charge in [-0.05, 0) is 76.5 Å². The minimum absolute atomic E-state index is 0.796. The van der Waals surface area contributed by atoms with Crippen LogP contribution in [0.3, 0.4) is 0 Å². The lowest BCUT2D eigenvalue weighted by atomic mass is 9.80. The average Bonchev–Trinajstić information content (AvgIpc) is 2.35. The molecule has 0 spiro atoms. The fourth-order valence-electron chi connectivity index (χ4n) is 3.91. The second-order valence-electron chi connectivity index (χ2n) is 6.82. The minimum atomic E-state index is 0.796. The summed E-state index contributed by atoms with van der Waals surface area (Å²) in [5, 5.41) is 3.80. The van der Waals surface area contributed by atoms with Gasteiger partial charge in [-0.25, -0.2) is 0 Å². The van der Waals surface area contributed by atoms with Gasteiger partial charge in [0.05, 0.1) is 0 Å². The van der Waals surface area contributed by atoms with Crippen LogP contribution in [-0.4, -0.2) is 37.1 Å². The van der Waals surface area contributed by atoms with Crippen LogP contribution in [0, 0.1) is 11.8 Å². The number of hydrogen-bond acceptors (Lipinski definition) is 2. The number of rotatable bonds is 5. The number of nitrogens with zero attached hydrogens (tertiary/aromatic N) is 1. The van der Waals surface area contributed by atoms with E-state index in [1.54, 1.807) is 0 Å². The molecule has 2 unspecified atom stereocenters. The third kappa shape index (κ3) is 4.89. The highest BCUT2D eigenvalue weighted by molar-refractivity contribution is 4.79. The van der Waals surface area contributed by atoms with Crippen LogP contribution in [0.5, 0.6) is 0 Å². The van der Waals surface area contributed by atoms with Gasteiger partial charge >= 0.3 is 0 Å². The smallest absolute Gasteiger partial charge is 0.00721 e. The van der Waals surface area contributed by atoms with Gasteiger partial charge < -0.3 is 10.2 Å². The second-order valence-corrected chi connectivity index (χ2v) is 6.82. The molecule has 2 rings (SSSR count). The lowest BCUT2D eigenvalue weighted by Gasteiger charge is -2.32. The van der Waals surface area contributed by atoms with E-state index in [1.165, 1.54) is 71.1 Å². The molecule has 2 aliphatic rings. The first-order chi connectivity index (χ1) is 8.74. The molecule has 2 heteroatoms. The fraction of sp³-hybridized carbons (Fsp3) is 1.00. The van der Waals surface area contributed by atoms with Crippen LogP contribution < -0.4 is 5.32 Å². The Balaban J connectivity index is 1.54. The van der Waals surface area contributed by atoms with Crippen molar-refractivity contribution in [3.63, 3.8) is 0 Å². The molecule has 1 heterocycles. The third-order valence-corrected chi connectivity index (χ3v) is 4.71. The third-order valence-electron chi connectivity index (χ3n) is 4.71. The SMILES string of the molecule is CC1CC(C)CC(NCCCN2CCCCC2)C1. The predicted octanol–water partition coefficient (Wildman–Crippen LogP) is 3.28. The van der Waals surface area contributed by atoms with Gasteiger partial charge in [0.15, 0.2) is 0 Å². The number of hydrogen-bond donors (Lipinski definition) is 1. The summed E-state index contributed by atoms with van der Waals surface area (Å²) >= 11 is 0. The van der Waals surface area contributed by atoms with Crippen LogP contribution in [0.2, 0.25) is 0 Å². The van der Waals surface area contributed by atoms with Crippen LogP contribution in [0.25, 0.3) is 0 Å². The number of likely N-dealkylation sites (tertiary alicyclic amines) is 1. The van der Waals surface area contributed by atoms with Crippen molar-refractivity contribution >= 4 is 0 Å². The molecule has 1 N–H and O–H groups in total. The van der Waals surface area contributed by atoms with Gasteiger partial charge in [-0.1, -0.05) is 20.3 Å². The van der Waals surface area contributed by atoms with Crippen LogP contribution >= 0.6 is 0 Å². The van der Waals surface area contributed by atoms with Crippen LogP contribution in [0.1, 0.15) is 58.8 Å². The van der Waals surface area contributed by atoms with Crippen molar-refractivity contribution in [2.75, 3.05) is 26.2 Å². The largest absolute Gasteiger partial charge is 0.314 e. The topological polar surface area (TPSA) is 15.3 Å². The van der Waals surface area contributed by atoms with Crippen molar-refractivity contribution < 1.29 is 0 Å². The maximum atomic E-state index is 3.80. The molecule has 0 aromatic carbocycles. The maximum absolute atomic E-state index is 3.80. The zero-order valence-electron chi connectivity index (χ0n) is 12.5. The van der Waals surface area contributed by atoms with E-state index >= 15 is 0 Å². The van der Waals surface area contributed by atoms with E-state index in [2.05, 4.69) is 24.1 Å². The lowest BCUT2D eigenvalue weighted by Crippen LogP contribution is -2.38. The summed E-state index contributed by atoms with van der Waals surface area (Å²) < 4.78 is 0. The molecule has 2 atom stereocenters. The van der Waals surface area contributed by atoms with Gasteiger partial charge in [0.2, 0.25) is 0 Å². The molecule has 0 aromatic heterocycles. The Labute approximate surface area is 114 Å². The van der Waals surface area contributed by atoms with Gasteiger partial charge in [0, 0.05) is 6.04 Å². The molecule has 1 aliphatic heterocycles. The van der Waals surface area contributed by atoms with Crippen molar-refractivity contribution in [1.82, 2.24) is 10.2 Å². The summed E-state index contributed by atoms with van der Waals surface area (Å²) in [7, 11) is 0. The zero-order valence-corrected chi connectivity index (χ0v) is 12.5. The molecule has 1 saturated carbocycles. The first kappa shape index (κ1) is 14.3. The van der Waals surface area contributed by atoms with E-state index < -0.39 is 0 Å². The molecule has 0 bridgehead atoms. The molecule has 0 amide bonds. The maximum Gasteiger partial charge on any atom is 0.00721 e. The van der Waals surface area contributed by atoms with Gasteiger partial charge in [-0.3, -0.25) is 0 Å². The Kier molecular flexibility index (Phi) is 5.97. The molecule has 2 fully saturated rings. The summed E-state index contributed by atoms with van der Waals surface area (Å²) in [6.45, 7) is 10.1. The van der Waals surface area contributed by atoms with E-state index in [1.807, 2.05) is 0 Å². The molecular formula is C16H32N2. The van der Waals surface area contributed by atoms with Crippen LogP contribution in [0.15, 0.2) is 0 Å².